The number of ketones is 1. The number of hydrogen-bond donors (Lipinski definition) is 0. The summed E-state index contributed by atoms with van der Waals surface area (Å²) in [6.45, 7) is 4.26. The van der Waals surface area contributed by atoms with E-state index in [4.69, 9.17) is 0 Å². The zero-order chi connectivity index (χ0) is 8.27. The summed E-state index contributed by atoms with van der Waals surface area (Å²) in [5.41, 5.74) is 2.47. The molecule has 0 N–H and O–H groups in total. The number of carbonyl (C=O) groups excluding carboxylic acids is 1. The van der Waals surface area contributed by atoms with Crippen molar-refractivity contribution in [3.05, 3.63) is 11.1 Å². The van der Waals surface area contributed by atoms with Crippen molar-refractivity contribution >= 4 is 5.78 Å². The third-order valence-electron chi connectivity index (χ3n) is 2.36. The fourth-order valence-electron chi connectivity index (χ4n) is 1.55. The van der Waals surface area contributed by atoms with E-state index in [1.165, 1.54) is 18.4 Å². The standard InChI is InChI=1S/C10H16O/c1-3-4-5-9-8(2)6-7-10(9)11/h3-7H2,1-2H3. The Bertz CT molecular complexity index is 189. The van der Waals surface area contributed by atoms with Crippen molar-refractivity contribution in [2.24, 2.45) is 0 Å². The summed E-state index contributed by atoms with van der Waals surface area (Å²) >= 11 is 0. The number of hydrogen-bond acceptors (Lipinski definition) is 1. The third-order valence-corrected chi connectivity index (χ3v) is 2.36. The van der Waals surface area contributed by atoms with Gasteiger partial charge in [0.1, 0.15) is 0 Å². The Labute approximate surface area is 68.5 Å². The maximum Gasteiger partial charge on any atom is 0.159 e. The third kappa shape index (κ3) is 1.92. The molecule has 0 aliphatic heterocycles. The average molecular weight is 152 g/mol. The highest BCUT2D eigenvalue weighted by Gasteiger charge is 2.18. The molecule has 0 unspecified atom stereocenters. The first-order valence-corrected chi connectivity index (χ1v) is 4.47. The molecule has 0 radical (unpaired) electrons. The van der Waals surface area contributed by atoms with Crippen molar-refractivity contribution in [2.45, 2.75) is 46.0 Å². The number of unbranched alkanes of at least 4 members (excludes halogenated alkanes) is 1. The average Bonchev–Trinajstić information content (AvgIpc) is 2.29. The molecule has 1 heteroatoms. The summed E-state index contributed by atoms with van der Waals surface area (Å²) in [5.74, 6) is 0.399. The van der Waals surface area contributed by atoms with Crippen LogP contribution < -0.4 is 0 Å². The van der Waals surface area contributed by atoms with E-state index in [9.17, 15) is 4.79 Å². The van der Waals surface area contributed by atoms with Crippen molar-refractivity contribution in [2.75, 3.05) is 0 Å². The lowest BCUT2D eigenvalue weighted by Crippen LogP contribution is -1.95. The van der Waals surface area contributed by atoms with Gasteiger partial charge >= 0.3 is 0 Å². The van der Waals surface area contributed by atoms with Gasteiger partial charge in [0.2, 0.25) is 0 Å². The normalized spacial score (nSPS) is 18.2. The molecule has 0 bridgehead atoms. The molecular weight excluding hydrogens is 136 g/mol. The van der Waals surface area contributed by atoms with Gasteiger partial charge in [-0.05, 0) is 31.8 Å². The van der Waals surface area contributed by atoms with Crippen LogP contribution in [0.2, 0.25) is 0 Å². The number of Topliss-reactive ketones (excluding diaryl/α,β-unsaturated/α-hetero) is 1. The van der Waals surface area contributed by atoms with Crippen LogP contribution in [0.25, 0.3) is 0 Å². The minimum absolute atomic E-state index is 0.399. The van der Waals surface area contributed by atoms with Crippen LogP contribution in [0, 0.1) is 0 Å². The molecule has 1 rings (SSSR count). The van der Waals surface area contributed by atoms with E-state index in [1.807, 2.05) is 0 Å². The predicted octanol–water partition coefficient (Wildman–Crippen LogP) is 2.86. The number of carbonyl (C=O) groups is 1. The lowest BCUT2D eigenvalue weighted by Gasteiger charge is -1.99. The molecular formula is C10H16O. The molecule has 0 saturated carbocycles. The van der Waals surface area contributed by atoms with Gasteiger partial charge in [-0.2, -0.15) is 0 Å². The van der Waals surface area contributed by atoms with Gasteiger partial charge < -0.3 is 0 Å². The van der Waals surface area contributed by atoms with Gasteiger partial charge in [0.25, 0.3) is 0 Å². The Morgan fingerprint density at radius 1 is 1.36 bits per heavy atom. The number of rotatable bonds is 3. The molecule has 0 aromatic rings. The summed E-state index contributed by atoms with van der Waals surface area (Å²) in [6.07, 6.45) is 5.15. The molecule has 1 aliphatic rings. The summed E-state index contributed by atoms with van der Waals surface area (Å²) in [6, 6.07) is 0. The summed E-state index contributed by atoms with van der Waals surface area (Å²) in [5, 5.41) is 0. The molecule has 0 fully saturated rings. The van der Waals surface area contributed by atoms with Gasteiger partial charge in [-0.15, -0.1) is 0 Å². The maximum absolute atomic E-state index is 11.2. The van der Waals surface area contributed by atoms with Crippen LogP contribution in [-0.4, -0.2) is 5.78 Å². The van der Waals surface area contributed by atoms with Crippen LogP contribution in [0.5, 0.6) is 0 Å². The van der Waals surface area contributed by atoms with Crippen LogP contribution in [0.4, 0.5) is 0 Å². The van der Waals surface area contributed by atoms with E-state index in [0.717, 1.165) is 24.8 Å². The zero-order valence-corrected chi connectivity index (χ0v) is 7.44. The van der Waals surface area contributed by atoms with Crippen molar-refractivity contribution < 1.29 is 4.79 Å². The molecule has 0 saturated heterocycles. The van der Waals surface area contributed by atoms with E-state index < -0.39 is 0 Å². The van der Waals surface area contributed by atoms with Gasteiger partial charge in [0.05, 0.1) is 0 Å². The molecule has 1 aliphatic carbocycles. The first kappa shape index (κ1) is 8.51. The zero-order valence-electron chi connectivity index (χ0n) is 7.44. The highest BCUT2D eigenvalue weighted by molar-refractivity contribution is 5.98. The van der Waals surface area contributed by atoms with Gasteiger partial charge in [0, 0.05) is 6.42 Å². The fraction of sp³-hybridized carbons (Fsp3) is 0.700. The second-order valence-corrected chi connectivity index (χ2v) is 3.29. The molecule has 0 heterocycles. The minimum Gasteiger partial charge on any atom is -0.295 e. The Morgan fingerprint density at radius 2 is 2.09 bits per heavy atom. The Hall–Kier alpha value is -0.590. The Morgan fingerprint density at radius 3 is 2.55 bits per heavy atom. The van der Waals surface area contributed by atoms with Crippen LogP contribution in [0.1, 0.15) is 46.0 Å². The van der Waals surface area contributed by atoms with E-state index in [-0.39, 0.29) is 0 Å². The summed E-state index contributed by atoms with van der Waals surface area (Å²) in [7, 11) is 0. The second-order valence-electron chi connectivity index (χ2n) is 3.29. The van der Waals surface area contributed by atoms with Crippen LogP contribution in [0.15, 0.2) is 11.1 Å². The summed E-state index contributed by atoms with van der Waals surface area (Å²) in [4.78, 5) is 11.2. The molecule has 62 valence electrons. The predicted molar refractivity (Wildman–Crippen MR) is 46.5 cm³/mol. The van der Waals surface area contributed by atoms with Gasteiger partial charge in [-0.3, -0.25) is 4.79 Å². The maximum atomic E-state index is 11.2. The van der Waals surface area contributed by atoms with Gasteiger partial charge in [0.15, 0.2) is 5.78 Å². The van der Waals surface area contributed by atoms with E-state index >= 15 is 0 Å². The molecule has 0 spiro atoms. The molecule has 1 nitrogen and oxygen atoms in total. The van der Waals surface area contributed by atoms with Crippen molar-refractivity contribution in [3.8, 4) is 0 Å². The molecule has 0 atom stereocenters. The van der Waals surface area contributed by atoms with Gasteiger partial charge in [-0.25, -0.2) is 0 Å². The first-order valence-electron chi connectivity index (χ1n) is 4.47. The quantitative estimate of drug-likeness (QED) is 0.607. The van der Waals surface area contributed by atoms with Crippen molar-refractivity contribution in [3.63, 3.8) is 0 Å². The topological polar surface area (TPSA) is 17.1 Å². The smallest absolute Gasteiger partial charge is 0.159 e. The van der Waals surface area contributed by atoms with Gasteiger partial charge in [-0.1, -0.05) is 18.9 Å². The first-order chi connectivity index (χ1) is 5.25. The van der Waals surface area contributed by atoms with Crippen molar-refractivity contribution in [1.29, 1.82) is 0 Å². The van der Waals surface area contributed by atoms with E-state index in [1.54, 1.807) is 0 Å². The van der Waals surface area contributed by atoms with Crippen LogP contribution in [0.3, 0.4) is 0 Å². The number of allylic oxidation sites excluding steroid dienone is 2. The SMILES string of the molecule is CCCCC1=C(C)CCC1=O. The highest BCUT2D eigenvalue weighted by atomic mass is 16.1. The molecule has 0 amide bonds. The lowest BCUT2D eigenvalue weighted by atomic mass is 10.1. The second kappa shape index (κ2) is 3.70. The largest absolute Gasteiger partial charge is 0.295 e. The summed E-state index contributed by atoms with van der Waals surface area (Å²) < 4.78 is 0. The lowest BCUT2D eigenvalue weighted by molar-refractivity contribution is -0.115. The van der Waals surface area contributed by atoms with Crippen LogP contribution >= 0.6 is 0 Å². The minimum atomic E-state index is 0.399. The molecule has 0 aromatic carbocycles. The molecule has 11 heavy (non-hydrogen) atoms. The molecule has 0 aromatic heterocycles. The van der Waals surface area contributed by atoms with Crippen LogP contribution in [-0.2, 0) is 4.79 Å². The Kier molecular flexibility index (Phi) is 2.86. The van der Waals surface area contributed by atoms with E-state index in [2.05, 4.69) is 13.8 Å². The highest BCUT2D eigenvalue weighted by Crippen LogP contribution is 2.25. The monoisotopic (exact) mass is 152 g/mol. The van der Waals surface area contributed by atoms with Crippen molar-refractivity contribution in [1.82, 2.24) is 0 Å². The van der Waals surface area contributed by atoms with E-state index in [0.29, 0.717) is 5.78 Å². The fourth-order valence-corrected chi connectivity index (χ4v) is 1.55. The Balaban J connectivity index is 2.53.